The molecule has 0 aliphatic carbocycles. The Kier molecular flexibility index (Phi) is 8.08. The number of rotatable bonds is 9. The molecule has 34 heavy (non-hydrogen) atoms. The molecule has 0 saturated carbocycles. The van der Waals surface area contributed by atoms with Crippen molar-refractivity contribution in [3.8, 4) is 11.5 Å². The average molecular weight is 538 g/mol. The van der Waals surface area contributed by atoms with Crippen LogP contribution in [0.5, 0.6) is 11.5 Å². The molecule has 1 aliphatic heterocycles. The third-order valence-electron chi connectivity index (χ3n) is 5.21. The Balaban J connectivity index is 1.46. The molecule has 1 fully saturated rings. The van der Waals surface area contributed by atoms with Crippen LogP contribution in [0.1, 0.15) is 23.6 Å². The van der Waals surface area contributed by atoms with Gasteiger partial charge in [-0.2, -0.15) is 0 Å². The molecule has 7 heteroatoms. The number of benzene rings is 3. The Hall–Kier alpha value is -3.03. The topological polar surface area (TPSA) is 55.8 Å². The molecule has 0 atom stereocenters. The molecule has 0 aromatic heterocycles. The zero-order valence-corrected chi connectivity index (χ0v) is 21.1. The monoisotopic (exact) mass is 537 g/mol. The SMILES string of the molecule is CCOc1cc(/C=C2\SC(=O)N(CCc3ccccc3)C2=O)ccc1OCc1ccc(Br)cc1. The van der Waals surface area contributed by atoms with Crippen molar-refractivity contribution >= 4 is 44.9 Å². The van der Waals surface area contributed by atoms with Gasteiger partial charge in [0.2, 0.25) is 0 Å². The fourth-order valence-corrected chi connectivity index (χ4v) is 4.60. The van der Waals surface area contributed by atoms with Gasteiger partial charge >= 0.3 is 0 Å². The first-order valence-electron chi connectivity index (χ1n) is 11.0. The number of halogens is 1. The number of thioether (sulfide) groups is 1. The molecule has 1 saturated heterocycles. The van der Waals surface area contributed by atoms with Crippen molar-refractivity contribution in [3.63, 3.8) is 0 Å². The van der Waals surface area contributed by atoms with Crippen molar-refractivity contribution < 1.29 is 19.1 Å². The maximum atomic E-state index is 12.9. The lowest BCUT2D eigenvalue weighted by Gasteiger charge is -2.13. The number of carbonyl (C=O) groups is 2. The second-order valence-corrected chi connectivity index (χ2v) is 9.53. The summed E-state index contributed by atoms with van der Waals surface area (Å²) in [5.74, 6) is 0.953. The van der Waals surface area contributed by atoms with E-state index in [2.05, 4.69) is 15.9 Å². The van der Waals surface area contributed by atoms with E-state index in [1.165, 1.54) is 4.90 Å². The van der Waals surface area contributed by atoms with Crippen molar-refractivity contribution in [2.45, 2.75) is 20.0 Å². The van der Waals surface area contributed by atoms with E-state index >= 15 is 0 Å². The Labute approximate surface area is 211 Å². The summed E-state index contributed by atoms with van der Waals surface area (Å²) < 4.78 is 12.8. The van der Waals surface area contributed by atoms with Gasteiger partial charge in [-0.15, -0.1) is 0 Å². The molecule has 1 heterocycles. The lowest BCUT2D eigenvalue weighted by atomic mass is 10.1. The zero-order valence-electron chi connectivity index (χ0n) is 18.7. The van der Waals surface area contributed by atoms with E-state index in [4.69, 9.17) is 9.47 Å². The first-order chi connectivity index (χ1) is 16.5. The second kappa shape index (κ2) is 11.4. The number of imide groups is 1. The molecule has 5 nitrogen and oxygen atoms in total. The Bertz CT molecular complexity index is 1200. The van der Waals surface area contributed by atoms with Crippen LogP contribution < -0.4 is 9.47 Å². The highest BCUT2D eigenvalue weighted by atomic mass is 79.9. The van der Waals surface area contributed by atoms with E-state index in [0.29, 0.717) is 42.6 Å². The molecule has 2 amide bonds. The Morgan fingerprint density at radius 1 is 0.912 bits per heavy atom. The molecular weight excluding hydrogens is 514 g/mol. The summed E-state index contributed by atoms with van der Waals surface area (Å²) in [5.41, 5.74) is 2.90. The van der Waals surface area contributed by atoms with Crippen molar-refractivity contribution in [1.82, 2.24) is 4.90 Å². The molecule has 174 valence electrons. The van der Waals surface area contributed by atoms with Crippen LogP contribution in [0.3, 0.4) is 0 Å². The largest absolute Gasteiger partial charge is 0.490 e. The summed E-state index contributed by atoms with van der Waals surface area (Å²) in [5, 5.41) is -0.244. The Morgan fingerprint density at radius 2 is 1.68 bits per heavy atom. The minimum atomic E-state index is -0.264. The van der Waals surface area contributed by atoms with Gasteiger partial charge in [0.15, 0.2) is 11.5 Å². The number of amides is 2. The summed E-state index contributed by atoms with van der Waals surface area (Å²) in [6, 6.07) is 23.3. The van der Waals surface area contributed by atoms with E-state index in [9.17, 15) is 9.59 Å². The van der Waals surface area contributed by atoms with Gasteiger partial charge in [-0.25, -0.2) is 0 Å². The van der Waals surface area contributed by atoms with E-state index in [1.54, 1.807) is 6.08 Å². The van der Waals surface area contributed by atoms with Crippen LogP contribution in [0.4, 0.5) is 4.79 Å². The van der Waals surface area contributed by atoms with Gasteiger partial charge in [-0.1, -0.05) is 64.5 Å². The van der Waals surface area contributed by atoms with Gasteiger partial charge in [0.1, 0.15) is 6.61 Å². The molecule has 0 radical (unpaired) electrons. The molecule has 0 unspecified atom stereocenters. The first-order valence-corrected chi connectivity index (χ1v) is 12.6. The third-order valence-corrected chi connectivity index (χ3v) is 6.65. The van der Waals surface area contributed by atoms with E-state index in [0.717, 1.165) is 32.9 Å². The van der Waals surface area contributed by atoms with Crippen LogP contribution >= 0.6 is 27.7 Å². The van der Waals surface area contributed by atoms with Crippen LogP contribution in [0.25, 0.3) is 6.08 Å². The number of carbonyl (C=O) groups excluding carboxylic acids is 2. The van der Waals surface area contributed by atoms with Crippen LogP contribution in [0.2, 0.25) is 0 Å². The molecular formula is C27H24BrNO4S. The van der Waals surface area contributed by atoms with Crippen LogP contribution in [0.15, 0.2) is 82.2 Å². The van der Waals surface area contributed by atoms with Crippen molar-refractivity contribution in [3.05, 3.63) is 98.9 Å². The summed E-state index contributed by atoms with van der Waals surface area (Å²) in [6.45, 7) is 3.16. The van der Waals surface area contributed by atoms with E-state index in [-0.39, 0.29) is 11.1 Å². The third kappa shape index (κ3) is 6.10. The minimum absolute atomic E-state index is 0.244. The van der Waals surface area contributed by atoms with Gasteiger partial charge < -0.3 is 9.47 Å². The normalized spacial score (nSPS) is 14.6. The molecule has 0 spiro atoms. The Morgan fingerprint density at radius 3 is 2.41 bits per heavy atom. The van der Waals surface area contributed by atoms with Crippen molar-refractivity contribution in [1.29, 1.82) is 0 Å². The highest BCUT2D eigenvalue weighted by Crippen LogP contribution is 2.35. The second-order valence-electron chi connectivity index (χ2n) is 7.62. The maximum Gasteiger partial charge on any atom is 0.293 e. The standard InChI is InChI=1S/C27H24BrNO4S/c1-2-32-24-16-21(10-13-23(24)33-18-20-8-11-22(28)12-9-20)17-25-26(30)29(27(31)34-25)15-14-19-6-4-3-5-7-19/h3-13,16-17H,2,14-15,18H2,1H3/b25-17-. The fraction of sp³-hybridized carbons (Fsp3) is 0.185. The minimum Gasteiger partial charge on any atom is -0.490 e. The summed E-state index contributed by atoms with van der Waals surface area (Å²) in [7, 11) is 0. The fourth-order valence-electron chi connectivity index (χ4n) is 3.47. The zero-order chi connectivity index (χ0) is 23.9. The lowest BCUT2D eigenvalue weighted by Crippen LogP contribution is -2.30. The van der Waals surface area contributed by atoms with E-state index < -0.39 is 0 Å². The van der Waals surface area contributed by atoms with Crippen molar-refractivity contribution in [2.24, 2.45) is 0 Å². The first kappa shape index (κ1) is 24.1. The summed E-state index contributed by atoms with van der Waals surface area (Å²) >= 11 is 4.40. The summed E-state index contributed by atoms with van der Waals surface area (Å²) in [6.07, 6.45) is 2.36. The molecule has 0 bridgehead atoms. The van der Waals surface area contributed by atoms with E-state index in [1.807, 2.05) is 79.7 Å². The summed E-state index contributed by atoms with van der Waals surface area (Å²) in [4.78, 5) is 27.0. The molecule has 3 aromatic rings. The number of hydrogen-bond acceptors (Lipinski definition) is 5. The van der Waals surface area contributed by atoms with Gasteiger partial charge in [0, 0.05) is 11.0 Å². The van der Waals surface area contributed by atoms with Crippen LogP contribution in [0, 0.1) is 0 Å². The van der Waals surface area contributed by atoms with Gasteiger partial charge in [-0.3, -0.25) is 14.5 Å². The predicted octanol–water partition coefficient (Wildman–Crippen LogP) is 6.71. The van der Waals surface area contributed by atoms with Gasteiger partial charge in [0.05, 0.1) is 11.5 Å². The molecule has 1 aliphatic rings. The quantitative estimate of drug-likeness (QED) is 0.284. The highest BCUT2D eigenvalue weighted by Gasteiger charge is 2.34. The number of ether oxygens (including phenoxy) is 2. The van der Waals surface area contributed by atoms with Gasteiger partial charge in [0.25, 0.3) is 11.1 Å². The maximum absolute atomic E-state index is 12.9. The highest BCUT2D eigenvalue weighted by molar-refractivity contribution is 9.10. The predicted molar refractivity (Wildman–Crippen MR) is 139 cm³/mol. The average Bonchev–Trinajstić information content (AvgIpc) is 3.11. The number of hydrogen-bond donors (Lipinski definition) is 0. The molecule has 0 N–H and O–H groups in total. The van der Waals surface area contributed by atoms with Crippen LogP contribution in [-0.2, 0) is 17.8 Å². The van der Waals surface area contributed by atoms with Crippen molar-refractivity contribution in [2.75, 3.05) is 13.2 Å². The lowest BCUT2D eigenvalue weighted by molar-refractivity contribution is -0.122. The van der Waals surface area contributed by atoms with Crippen LogP contribution in [-0.4, -0.2) is 29.2 Å². The smallest absolute Gasteiger partial charge is 0.293 e. The molecule has 4 rings (SSSR count). The van der Waals surface area contributed by atoms with Gasteiger partial charge in [-0.05, 0) is 72.1 Å². The molecule has 3 aromatic carbocycles. The number of nitrogens with zero attached hydrogens (tertiary/aromatic N) is 1.